The van der Waals surface area contributed by atoms with Crippen molar-refractivity contribution in [1.29, 1.82) is 0 Å². The highest BCUT2D eigenvalue weighted by Crippen LogP contribution is 2.43. The molecule has 0 aromatic heterocycles. The molecule has 0 atom stereocenters. The molecule has 0 aliphatic heterocycles. The van der Waals surface area contributed by atoms with Gasteiger partial charge >= 0.3 is 10.4 Å². The Balaban J connectivity index is 2.08. The molecule has 0 aliphatic carbocycles. The minimum Gasteiger partial charge on any atom is -0.505 e. The molecule has 3 aromatic rings. The van der Waals surface area contributed by atoms with Gasteiger partial charge in [-0.3, -0.25) is 13.7 Å². The summed E-state index contributed by atoms with van der Waals surface area (Å²) >= 11 is 0. The van der Waals surface area contributed by atoms with Crippen molar-refractivity contribution in [3.05, 3.63) is 42.5 Å². The lowest BCUT2D eigenvalue weighted by atomic mass is 10.1. The first kappa shape index (κ1) is 32.1. The summed E-state index contributed by atoms with van der Waals surface area (Å²) in [7, 11) is -17.3. The van der Waals surface area contributed by atoms with Crippen molar-refractivity contribution in [2.24, 2.45) is 10.2 Å². The predicted molar refractivity (Wildman–Crippen MR) is 142 cm³/mol. The lowest BCUT2D eigenvalue weighted by Gasteiger charge is -2.11. The van der Waals surface area contributed by atoms with Crippen LogP contribution in [0.2, 0.25) is 0 Å². The molecule has 17 nitrogen and oxygen atoms in total. The van der Waals surface area contributed by atoms with Crippen molar-refractivity contribution in [1.82, 2.24) is 0 Å². The van der Waals surface area contributed by atoms with Crippen LogP contribution in [0.3, 0.4) is 0 Å². The normalized spacial score (nSPS) is 13.1. The van der Waals surface area contributed by atoms with E-state index in [1.54, 1.807) is 0 Å². The van der Waals surface area contributed by atoms with Gasteiger partial charge in [-0.25, -0.2) is 12.6 Å². The second kappa shape index (κ2) is 11.8. The number of hydrogen-bond donors (Lipinski definition) is 5. The third-order valence-electron chi connectivity index (χ3n) is 5.14. The molecule has 0 fully saturated rings. The number of phenolic OH excluding ortho intramolecular Hbond substituents is 1. The van der Waals surface area contributed by atoms with Gasteiger partial charge in [0.1, 0.15) is 27.9 Å². The minimum atomic E-state index is -5.05. The second-order valence-corrected chi connectivity index (χ2v) is 14.0. The first-order valence-corrected chi connectivity index (χ1v) is 16.8. The number of aromatic hydroxyl groups is 1. The molecule has 0 bridgehead atoms. The number of nitrogens with one attached hydrogen (secondary N) is 1. The Morgan fingerprint density at radius 3 is 2.15 bits per heavy atom. The fourth-order valence-corrected chi connectivity index (χ4v) is 5.85. The van der Waals surface area contributed by atoms with Crippen molar-refractivity contribution in [3.8, 4) is 11.5 Å². The Morgan fingerprint density at radius 2 is 1.56 bits per heavy atom. The largest absolute Gasteiger partial charge is 0.505 e. The zero-order valence-corrected chi connectivity index (χ0v) is 23.8. The summed E-state index contributed by atoms with van der Waals surface area (Å²) in [6.45, 7) is -0.903. The van der Waals surface area contributed by atoms with Gasteiger partial charge in [-0.15, -0.1) is 10.2 Å². The Kier molecular flexibility index (Phi) is 9.24. The zero-order chi connectivity index (χ0) is 30.8. The fourth-order valence-electron chi connectivity index (χ4n) is 3.34. The van der Waals surface area contributed by atoms with Crippen LogP contribution in [-0.2, 0) is 44.7 Å². The summed E-state index contributed by atoms with van der Waals surface area (Å²) in [5, 5.41) is 20.7. The predicted octanol–water partition coefficient (Wildman–Crippen LogP) is 2.07. The lowest BCUT2D eigenvalue weighted by molar-refractivity contribution is 0.284. The maximum atomic E-state index is 12.6. The molecule has 0 saturated heterocycles. The van der Waals surface area contributed by atoms with Crippen molar-refractivity contribution in [2.45, 2.75) is 9.79 Å². The standard InChI is InChI=1S/C20H21N3O14S4/c1-36-17-5-3-14(38(25,26)7-6-37-41(33,34)35)10-16(17)22-23-19-18(40(30,31)32)9-12-8-13(21-11-39(27,28)29)2-4-15(12)20(19)24/h2-5,8-10,21,24H,6-7,11H2,1H3,(H,27,28,29)(H,30,31,32)(H,33,34,35). The average Bonchev–Trinajstić information content (AvgIpc) is 2.84. The molecule has 0 heterocycles. The van der Waals surface area contributed by atoms with Gasteiger partial charge < -0.3 is 15.2 Å². The van der Waals surface area contributed by atoms with Crippen molar-refractivity contribution >= 4 is 68.3 Å². The summed E-state index contributed by atoms with van der Waals surface area (Å²) in [5.41, 5.74) is -0.916. The van der Waals surface area contributed by atoms with Crippen LogP contribution in [0.15, 0.2) is 62.5 Å². The van der Waals surface area contributed by atoms with E-state index in [-0.39, 0.29) is 27.9 Å². The van der Waals surface area contributed by atoms with Crippen LogP contribution in [-0.4, -0.2) is 77.8 Å². The van der Waals surface area contributed by atoms with Gasteiger partial charge in [0.2, 0.25) is 0 Å². The number of hydrogen-bond acceptors (Lipinski definition) is 14. The van der Waals surface area contributed by atoms with Crippen LogP contribution in [0, 0.1) is 0 Å². The smallest absolute Gasteiger partial charge is 0.397 e. The number of rotatable bonds is 12. The van der Waals surface area contributed by atoms with Gasteiger partial charge in [0.15, 0.2) is 15.6 Å². The van der Waals surface area contributed by atoms with E-state index in [0.29, 0.717) is 0 Å². The fraction of sp³-hybridized carbons (Fsp3) is 0.200. The number of phenols is 1. The van der Waals surface area contributed by atoms with E-state index in [4.69, 9.17) is 13.8 Å². The van der Waals surface area contributed by atoms with Crippen LogP contribution in [0.25, 0.3) is 10.8 Å². The maximum Gasteiger partial charge on any atom is 0.397 e. The van der Waals surface area contributed by atoms with E-state index < -0.39 is 79.9 Å². The zero-order valence-electron chi connectivity index (χ0n) is 20.6. The van der Waals surface area contributed by atoms with Gasteiger partial charge in [0.25, 0.3) is 20.2 Å². The molecule has 3 aromatic carbocycles. The minimum absolute atomic E-state index is 0.00666. The van der Waals surface area contributed by atoms with Crippen molar-refractivity contribution in [3.63, 3.8) is 0 Å². The molecule has 0 amide bonds. The summed E-state index contributed by atoms with van der Waals surface area (Å²) < 4.78 is 129. The van der Waals surface area contributed by atoms with E-state index in [1.165, 1.54) is 25.3 Å². The highest BCUT2D eigenvalue weighted by molar-refractivity contribution is 7.91. The second-order valence-electron chi connectivity index (χ2n) is 7.99. The Hall–Kier alpha value is -3.44. The number of fused-ring (bicyclic) bond motifs is 1. The molecule has 21 heteroatoms. The molecule has 0 aliphatic rings. The van der Waals surface area contributed by atoms with Crippen molar-refractivity contribution in [2.75, 3.05) is 30.7 Å². The van der Waals surface area contributed by atoms with E-state index in [1.807, 2.05) is 0 Å². The summed E-state index contributed by atoms with van der Waals surface area (Å²) in [4.78, 5) is -1.32. The number of benzene rings is 3. The number of anilines is 1. The first-order valence-electron chi connectivity index (χ1n) is 10.7. The molecule has 3 rings (SSSR count). The van der Waals surface area contributed by atoms with Crippen LogP contribution < -0.4 is 10.1 Å². The molecule has 0 unspecified atom stereocenters. The molecule has 41 heavy (non-hydrogen) atoms. The topological polar surface area (TPSA) is 273 Å². The van der Waals surface area contributed by atoms with Gasteiger partial charge in [-0.1, -0.05) is 0 Å². The monoisotopic (exact) mass is 655 g/mol. The van der Waals surface area contributed by atoms with E-state index in [2.05, 4.69) is 19.7 Å². The van der Waals surface area contributed by atoms with Crippen LogP contribution in [0.4, 0.5) is 17.1 Å². The van der Waals surface area contributed by atoms with E-state index in [0.717, 1.165) is 24.3 Å². The van der Waals surface area contributed by atoms with Gasteiger partial charge in [-0.05, 0) is 47.9 Å². The van der Waals surface area contributed by atoms with Crippen LogP contribution in [0.1, 0.15) is 0 Å². The quantitative estimate of drug-likeness (QED) is 0.138. The molecular weight excluding hydrogens is 634 g/mol. The third-order valence-corrected chi connectivity index (χ3v) is 8.66. The number of methoxy groups -OCH3 is 1. The van der Waals surface area contributed by atoms with E-state index >= 15 is 0 Å². The lowest BCUT2D eigenvalue weighted by Crippen LogP contribution is -2.15. The highest BCUT2D eigenvalue weighted by Gasteiger charge is 2.23. The first-order chi connectivity index (χ1) is 18.8. The SMILES string of the molecule is COc1ccc(S(=O)(=O)CCOS(=O)(=O)O)cc1N=Nc1c(S(=O)(=O)O)cc2cc(NCS(=O)(=O)O)ccc2c1O. The Labute approximate surface area is 233 Å². The molecule has 224 valence electrons. The van der Waals surface area contributed by atoms with E-state index in [9.17, 15) is 43.3 Å². The van der Waals surface area contributed by atoms with Gasteiger partial charge in [-0.2, -0.15) is 25.3 Å². The number of ether oxygens (including phenoxy) is 1. The summed E-state index contributed by atoms with van der Waals surface area (Å²) in [6, 6.07) is 7.88. The van der Waals surface area contributed by atoms with Crippen molar-refractivity contribution < 1.29 is 61.4 Å². The van der Waals surface area contributed by atoms with Gasteiger partial charge in [0.05, 0.1) is 24.4 Å². The molecule has 5 N–H and O–H groups in total. The maximum absolute atomic E-state index is 12.6. The Bertz CT molecular complexity index is 1960. The van der Waals surface area contributed by atoms with Gasteiger partial charge in [0, 0.05) is 11.1 Å². The number of nitrogens with zero attached hydrogens (tertiary/aromatic N) is 2. The van der Waals surface area contributed by atoms with Crippen LogP contribution >= 0.6 is 0 Å². The Morgan fingerprint density at radius 1 is 0.878 bits per heavy atom. The third kappa shape index (κ3) is 8.53. The van der Waals surface area contributed by atoms with Crippen LogP contribution in [0.5, 0.6) is 11.5 Å². The highest BCUT2D eigenvalue weighted by atomic mass is 32.3. The molecule has 0 saturated carbocycles. The molecule has 0 radical (unpaired) electrons. The number of sulfone groups is 1. The molecular formula is C20H21N3O14S4. The summed E-state index contributed by atoms with van der Waals surface area (Å²) in [6.07, 6.45) is 0. The average molecular weight is 656 g/mol. The molecule has 0 spiro atoms. The number of azo groups is 1. The summed E-state index contributed by atoms with van der Waals surface area (Å²) in [5.74, 6) is -2.56.